The first-order chi connectivity index (χ1) is 11.9. The summed E-state index contributed by atoms with van der Waals surface area (Å²) in [4.78, 5) is 0. The van der Waals surface area contributed by atoms with Crippen LogP contribution in [0.1, 0.15) is 43.2 Å². The Bertz CT molecular complexity index is 863. The van der Waals surface area contributed by atoms with Crippen LogP contribution in [0.25, 0.3) is 21.5 Å². The fourth-order valence-corrected chi connectivity index (χ4v) is 4.75. The van der Waals surface area contributed by atoms with Crippen molar-refractivity contribution in [3.05, 3.63) is 83.9 Å². The summed E-state index contributed by atoms with van der Waals surface area (Å²) < 4.78 is 0. The Morgan fingerprint density at radius 1 is 0.630 bits per heavy atom. The van der Waals surface area contributed by atoms with E-state index in [9.17, 15) is 0 Å². The van der Waals surface area contributed by atoms with Crippen molar-refractivity contribution in [2.75, 3.05) is 0 Å². The molecule has 0 radical (unpaired) electrons. The summed E-state index contributed by atoms with van der Waals surface area (Å²) in [6.45, 7) is 0. The smallest absolute Gasteiger partial charge is 1.00 e. The second-order valence-electron chi connectivity index (χ2n) is 7.39. The topological polar surface area (TPSA) is 0 Å². The van der Waals surface area contributed by atoms with E-state index in [2.05, 4.69) is 72.8 Å². The molecule has 0 nitrogen and oxygen atoms in total. The van der Waals surface area contributed by atoms with E-state index < -0.39 is 0 Å². The zero-order chi connectivity index (χ0) is 16.0. The molecule has 0 heterocycles. The number of hydrogen-bond acceptors (Lipinski definition) is 0. The summed E-state index contributed by atoms with van der Waals surface area (Å²) in [5.74, 6) is 0. The zero-order valence-corrected chi connectivity index (χ0v) is 19.2. The van der Waals surface area contributed by atoms with Gasteiger partial charge in [-0.2, -0.15) is 12.1 Å². The van der Waals surface area contributed by atoms with E-state index in [1.807, 2.05) is 0 Å². The molecule has 0 N–H and O–H groups in total. The minimum atomic E-state index is 0. The minimum Gasteiger partial charge on any atom is -1.00 e. The largest absolute Gasteiger partial charge is 4.00 e. The Kier molecular flexibility index (Phi) is 7.54. The van der Waals surface area contributed by atoms with Gasteiger partial charge in [-0.15, -0.1) is 81.2 Å². The van der Waals surface area contributed by atoms with Gasteiger partial charge in [0.25, 0.3) is 0 Å². The summed E-state index contributed by atoms with van der Waals surface area (Å²) in [7, 11) is 0. The maximum absolute atomic E-state index is 2.44. The molecule has 0 atom stereocenters. The van der Waals surface area contributed by atoms with Crippen LogP contribution in [0.2, 0.25) is 0 Å². The van der Waals surface area contributed by atoms with Crippen molar-refractivity contribution in [2.45, 2.75) is 37.5 Å². The van der Waals surface area contributed by atoms with Crippen LogP contribution in [0.5, 0.6) is 0 Å². The van der Waals surface area contributed by atoms with E-state index in [1.165, 1.54) is 64.8 Å². The minimum absolute atomic E-state index is 0. The zero-order valence-electron chi connectivity index (χ0n) is 15.2. The molecule has 5 rings (SSSR count). The SMILES string of the molecule is [Cl-].[Cl-].[Zr+4].c1ccc2[cH-]c(C3(c4cc5ccccc5[cH-]4)CCCCC3)cc2c1. The van der Waals surface area contributed by atoms with Gasteiger partial charge in [-0.25, -0.2) is 0 Å². The molecule has 0 aliphatic heterocycles. The summed E-state index contributed by atoms with van der Waals surface area (Å²) in [6.07, 6.45) is 6.60. The number of fused-ring (bicyclic) bond motifs is 2. The molecule has 1 aliphatic rings. The van der Waals surface area contributed by atoms with Gasteiger partial charge in [-0.3, -0.25) is 0 Å². The molecule has 0 saturated heterocycles. The van der Waals surface area contributed by atoms with Crippen molar-refractivity contribution in [3.63, 3.8) is 0 Å². The maximum atomic E-state index is 2.44. The van der Waals surface area contributed by atoms with Gasteiger partial charge in [-0.1, -0.05) is 31.4 Å². The maximum Gasteiger partial charge on any atom is 4.00 e. The van der Waals surface area contributed by atoms with Crippen LogP contribution < -0.4 is 24.8 Å². The van der Waals surface area contributed by atoms with E-state index >= 15 is 0 Å². The van der Waals surface area contributed by atoms with E-state index in [4.69, 9.17) is 0 Å². The van der Waals surface area contributed by atoms with Crippen LogP contribution in [0.3, 0.4) is 0 Å². The molecule has 27 heavy (non-hydrogen) atoms. The number of rotatable bonds is 2. The molecule has 4 aromatic carbocycles. The summed E-state index contributed by atoms with van der Waals surface area (Å²) >= 11 is 0. The molecule has 0 aromatic heterocycles. The van der Waals surface area contributed by atoms with Crippen LogP contribution in [0.15, 0.2) is 72.8 Å². The average molecular weight is 473 g/mol. The Morgan fingerprint density at radius 2 is 1.07 bits per heavy atom. The Morgan fingerprint density at radius 3 is 1.52 bits per heavy atom. The molecular formula is C24H22Cl2Zr. The number of hydrogen-bond donors (Lipinski definition) is 0. The third-order valence-electron chi connectivity index (χ3n) is 6.05. The predicted octanol–water partition coefficient (Wildman–Crippen LogP) is 0.687. The van der Waals surface area contributed by atoms with Gasteiger partial charge >= 0.3 is 26.2 Å². The first-order valence-corrected chi connectivity index (χ1v) is 9.17. The molecule has 3 heteroatoms. The van der Waals surface area contributed by atoms with E-state index in [-0.39, 0.29) is 56.4 Å². The standard InChI is InChI=1S/C24H22.2ClH.Zr/c1-6-12-24(13-7-1,22-14-18-8-2-3-9-19(18)15-22)23-16-20-10-4-5-11-21(20)17-23;;;/h2-5,8-11,14-17H,1,6-7,12-13H2;2*1H;/q-2;;;+4/p-2. The van der Waals surface area contributed by atoms with Gasteiger partial charge in [0.05, 0.1) is 0 Å². The first-order valence-electron chi connectivity index (χ1n) is 9.17. The van der Waals surface area contributed by atoms with Crippen molar-refractivity contribution in [3.8, 4) is 0 Å². The van der Waals surface area contributed by atoms with E-state index in [0.717, 1.165) is 0 Å². The van der Waals surface area contributed by atoms with E-state index in [1.54, 1.807) is 0 Å². The van der Waals surface area contributed by atoms with E-state index in [0.29, 0.717) is 0 Å². The first kappa shape index (κ1) is 22.4. The normalized spacial score (nSPS) is 15.6. The van der Waals surface area contributed by atoms with Gasteiger partial charge in [-0.05, 0) is 18.3 Å². The molecule has 1 saturated carbocycles. The molecule has 0 amide bonds. The van der Waals surface area contributed by atoms with Gasteiger partial charge in [0.2, 0.25) is 0 Å². The second kappa shape index (κ2) is 9.08. The fourth-order valence-electron chi connectivity index (χ4n) is 4.75. The van der Waals surface area contributed by atoms with Crippen molar-refractivity contribution >= 4 is 21.5 Å². The van der Waals surface area contributed by atoms with Gasteiger partial charge in [0, 0.05) is 0 Å². The van der Waals surface area contributed by atoms with Crippen molar-refractivity contribution in [1.82, 2.24) is 0 Å². The number of halogens is 2. The molecule has 1 fully saturated rings. The molecule has 136 valence electrons. The summed E-state index contributed by atoms with van der Waals surface area (Å²) in [6, 6.07) is 27.4. The average Bonchev–Trinajstić information content (AvgIpc) is 3.26. The monoisotopic (exact) mass is 470 g/mol. The Hall–Kier alpha value is -0.877. The van der Waals surface area contributed by atoms with Crippen LogP contribution in [-0.2, 0) is 31.6 Å². The molecule has 4 aromatic rings. The van der Waals surface area contributed by atoms with Crippen molar-refractivity contribution in [2.24, 2.45) is 0 Å². The Labute approximate surface area is 193 Å². The molecule has 0 spiro atoms. The van der Waals surface area contributed by atoms with Crippen LogP contribution >= 0.6 is 0 Å². The molecule has 0 unspecified atom stereocenters. The van der Waals surface area contributed by atoms with Gasteiger partial charge in [0.15, 0.2) is 0 Å². The van der Waals surface area contributed by atoms with Crippen LogP contribution in [0, 0.1) is 0 Å². The van der Waals surface area contributed by atoms with Crippen molar-refractivity contribution in [1.29, 1.82) is 0 Å². The molecule has 1 aliphatic carbocycles. The van der Waals surface area contributed by atoms with Crippen LogP contribution in [0.4, 0.5) is 0 Å². The third-order valence-corrected chi connectivity index (χ3v) is 6.05. The summed E-state index contributed by atoms with van der Waals surface area (Å²) in [5, 5.41) is 5.53. The van der Waals surface area contributed by atoms with Gasteiger partial charge < -0.3 is 24.8 Å². The summed E-state index contributed by atoms with van der Waals surface area (Å²) in [5.41, 5.74) is 3.26. The fraction of sp³-hybridized carbons (Fsp3) is 0.250. The Balaban J connectivity index is 0.000000871. The second-order valence-corrected chi connectivity index (χ2v) is 7.39. The van der Waals surface area contributed by atoms with Crippen molar-refractivity contribution < 1.29 is 51.0 Å². The quantitative estimate of drug-likeness (QED) is 0.377. The molecular weight excluding hydrogens is 450 g/mol. The molecule has 0 bridgehead atoms. The predicted molar refractivity (Wildman–Crippen MR) is 103 cm³/mol. The third kappa shape index (κ3) is 3.84. The van der Waals surface area contributed by atoms with Gasteiger partial charge in [0.1, 0.15) is 0 Å². The van der Waals surface area contributed by atoms with Crippen LogP contribution in [-0.4, -0.2) is 0 Å². The number of benzene rings is 2.